The highest BCUT2D eigenvalue weighted by Gasteiger charge is 2.66. The van der Waals surface area contributed by atoms with Crippen LogP contribution in [0.3, 0.4) is 0 Å². The minimum atomic E-state index is -1.25. The van der Waals surface area contributed by atoms with Gasteiger partial charge < -0.3 is 4.74 Å². The van der Waals surface area contributed by atoms with Gasteiger partial charge in [0.2, 0.25) is 0 Å². The Morgan fingerprint density at radius 3 is 1.79 bits per heavy atom. The maximum Gasteiger partial charge on any atom is 0.176 e. The zero-order valence-electron chi connectivity index (χ0n) is 27.2. The molecule has 39 heavy (non-hydrogen) atoms. The number of fused-ring (bicyclic) bond motifs is 2. The van der Waals surface area contributed by atoms with E-state index >= 15 is 0 Å². The average Bonchev–Trinajstić information content (AvgIpc) is 2.83. The molecule has 0 aromatic heterocycles. The zero-order valence-corrected chi connectivity index (χ0v) is 27.2. The Kier molecular flexibility index (Phi) is 12.5. The van der Waals surface area contributed by atoms with E-state index in [1.54, 1.807) is 7.11 Å². The van der Waals surface area contributed by atoms with Crippen LogP contribution in [-0.4, -0.2) is 24.5 Å². The number of Topliss-reactive ketones (excluding diaryl/α,β-unsaturated/α-hetero) is 3. The van der Waals surface area contributed by atoms with Crippen molar-refractivity contribution in [2.75, 3.05) is 7.11 Å². The third-order valence-electron chi connectivity index (χ3n) is 9.45. The first kappa shape index (κ1) is 33.8. The van der Waals surface area contributed by atoms with E-state index in [1.807, 2.05) is 13.8 Å². The van der Waals surface area contributed by atoms with Gasteiger partial charge in [-0.3, -0.25) is 14.4 Å². The monoisotopic (exact) mass is 544 g/mol. The van der Waals surface area contributed by atoms with Crippen molar-refractivity contribution in [3.8, 4) is 0 Å². The molecule has 0 spiro atoms. The summed E-state index contributed by atoms with van der Waals surface area (Å²) in [7, 11) is 1.64. The van der Waals surface area contributed by atoms with Crippen LogP contribution in [0.5, 0.6) is 0 Å². The molecule has 2 aliphatic rings. The van der Waals surface area contributed by atoms with Crippen molar-refractivity contribution in [3.63, 3.8) is 0 Å². The lowest BCUT2D eigenvalue weighted by molar-refractivity contribution is -0.163. The van der Waals surface area contributed by atoms with Crippen molar-refractivity contribution in [3.05, 3.63) is 11.3 Å². The van der Waals surface area contributed by atoms with Gasteiger partial charge in [0, 0.05) is 17.4 Å². The predicted molar refractivity (Wildman–Crippen MR) is 161 cm³/mol. The lowest BCUT2D eigenvalue weighted by Gasteiger charge is -2.54. The molecule has 1 saturated carbocycles. The summed E-state index contributed by atoms with van der Waals surface area (Å²) in [6.45, 7) is 21.5. The van der Waals surface area contributed by atoms with Crippen molar-refractivity contribution >= 4 is 17.3 Å². The Bertz CT molecular complexity index is 877. The first-order valence-electron chi connectivity index (χ1n) is 16.1. The highest BCUT2D eigenvalue weighted by molar-refractivity contribution is 6.22. The van der Waals surface area contributed by atoms with Crippen molar-refractivity contribution in [2.45, 2.75) is 127 Å². The standard InChI is InChI=1S/C35H60O4/c1-21(2)13-12-14-26-27(17-15-22(3)4)30(31(36)25(9)10)35(20-19-24(7)8)33(37)28(18-16-23(5)6)32(39-11)29(26)34(35)38/h21-28,30H,12-20H2,1-11H3. The summed E-state index contributed by atoms with van der Waals surface area (Å²) in [5, 5.41) is 0. The first-order chi connectivity index (χ1) is 18.2. The van der Waals surface area contributed by atoms with Crippen LogP contribution >= 0.6 is 0 Å². The molecule has 0 radical (unpaired) electrons. The molecule has 4 heteroatoms. The Morgan fingerprint density at radius 2 is 1.31 bits per heavy atom. The number of ketones is 3. The lowest BCUT2D eigenvalue weighted by atomic mass is 9.45. The van der Waals surface area contributed by atoms with Gasteiger partial charge in [0.25, 0.3) is 0 Å². The molecular formula is C35H60O4. The minimum absolute atomic E-state index is 0.00512. The molecule has 0 heterocycles. The van der Waals surface area contributed by atoms with E-state index in [4.69, 9.17) is 4.74 Å². The van der Waals surface area contributed by atoms with E-state index in [9.17, 15) is 14.4 Å². The molecule has 0 aliphatic heterocycles. The van der Waals surface area contributed by atoms with Gasteiger partial charge in [0.05, 0.1) is 13.0 Å². The van der Waals surface area contributed by atoms with Gasteiger partial charge in [-0.05, 0) is 74.0 Å². The average molecular weight is 545 g/mol. The maximum atomic E-state index is 14.8. The largest absolute Gasteiger partial charge is 0.500 e. The molecule has 1 fully saturated rings. The number of hydrogen-bond acceptors (Lipinski definition) is 4. The van der Waals surface area contributed by atoms with Crippen LogP contribution in [0.2, 0.25) is 0 Å². The van der Waals surface area contributed by atoms with Crippen LogP contribution in [0, 0.1) is 58.7 Å². The van der Waals surface area contributed by atoms with Crippen molar-refractivity contribution in [1.82, 2.24) is 0 Å². The quantitative estimate of drug-likeness (QED) is 0.182. The zero-order chi connectivity index (χ0) is 29.7. The molecule has 0 aromatic carbocycles. The van der Waals surface area contributed by atoms with Crippen molar-refractivity contribution < 1.29 is 19.1 Å². The van der Waals surface area contributed by atoms with E-state index in [-0.39, 0.29) is 35.1 Å². The van der Waals surface area contributed by atoms with Crippen LogP contribution < -0.4 is 0 Å². The predicted octanol–water partition coefficient (Wildman–Crippen LogP) is 8.86. The highest BCUT2D eigenvalue weighted by atomic mass is 16.5. The number of allylic oxidation sites excluding steroid dienone is 2. The summed E-state index contributed by atoms with van der Waals surface area (Å²) < 4.78 is 6.06. The van der Waals surface area contributed by atoms with Crippen LogP contribution in [0.15, 0.2) is 11.3 Å². The number of carbonyl (C=O) groups is 3. The van der Waals surface area contributed by atoms with Crippen LogP contribution in [0.25, 0.3) is 0 Å². The number of ether oxygens (including phenoxy) is 1. The summed E-state index contributed by atoms with van der Waals surface area (Å²) in [6.07, 6.45) is 7.65. The summed E-state index contributed by atoms with van der Waals surface area (Å²) in [4.78, 5) is 43.9. The van der Waals surface area contributed by atoms with Gasteiger partial charge in [-0.15, -0.1) is 0 Å². The second kappa shape index (κ2) is 14.4. The fourth-order valence-corrected chi connectivity index (χ4v) is 7.27. The Morgan fingerprint density at radius 1 is 0.769 bits per heavy atom. The number of rotatable bonds is 16. The molecule has 2 aliphatic carbocycles. The maximum absolute atomic E-state index is 14.8. The number of carbonyl (C=O) groups excluding carboxylic acids is 3. The molecule has 2 rings (SSSR count). The molecule has 4 nitrogen and oxygen atoms in total. The highest BCUT2D eigenvalue weighted by Crippen LogP contribution is 2.60. The molecule has 5 unspecified atom stereocenters. The third-order valence-corrected chi connectivity index (χ3v) is 9.45. The number of hydrogen-bond donors (Lipinski definition) is 0. The Labute approximate surface area is 240 Å². The Hall–Kier alpha value is -1.45. The molecule has 0 N–H and O–H groups in total. The molecule has 2 bridgehead atoms. The topological polar surface area (TPSA) is 60.4 Å². The van der Waals surface area contributed by atoms with E-state index < -0.39 is 17.3 Å². The summed E-state index contributed by atoms with van der Waals surface area (Å²) in [5.74, 6) is 1.30. The fourth-order valence-electron chi connectivity index (χ4n) is 7.27. The lowest BCUT2D eigenvalue weighted by Crippen LogP contribution is -2.63. The smallest absolute Gasteiger partial charge is 0.176 e. The summed E-state index contributed by atoms with van der Waals surface area (Å²) in [5.41, 5.74) is -0.471. The molecule has 224 valence electrons. The fraction of sp³-hybridized carbons (Fsp3) is 0.857. The Balaban J connectivity index is 2.88. The van der Waals surface area contributed by atoms with E-state index in [1.165, 1.54) is 0 Å². The number of methoxy groups -OCH3 is 1. The van der Waals surface area contributed by atoms with Gasteiger partial charge in [-0.1, -0.05) is 88.5 Å². The van der Waals surface area contributed by atoms with Crippen LogP contribution in [0.1, 0.15) is 127 Å². The van der Waals surface area contributed by atoms with Gasteiger partial charge in [-0.25, -0.2) is 0 Å². The summed E-state index contributed by atoms with van der Waals surface area (Å²) >= 11 is 0. The third kappa shape index (κ3) is 7.45. The van der Waals surface area contributed by atoms with Crippen LogP contribution in [-0.2, 0) is 19.1 Å². The normalized spacial score (nSPS) is 27.6. The van der Waals surface area contributed by atoms with E-state index in [0.717, 1.165) is 50.5 Å². The van der Waals surface area contributed by atoms with Crippen molar-refractivity contribution in [1.29, 1.82) is 0 Å². The molecule has 0 amide bonds. The van der Waals surface area contributed by atoms with E-state index in [0.29, 0.717) is 42.3 Å². The van der Waals surface area contributed by atoms with Gasteiger partial charge in [-0.2, -0.15) is 0 Å². The SMILES string of the molecule is COC1=C2C(=O)C(CCC(C)C)(C(=O)C1CCC(C)C)C(C(=O)C(C)C)C(CCC(C)C)C2CCCC(C)C. The van der Waals surface area contributed by atoms with Gasteiger partial charge >= 0.3 is 0 Å². The van der Waals surface area contributed by atoms with Gasteiger partial charge in [0.15, 0.2) is 11.6 Å². The van der Waals surface area contributed by atoms with Gasteiger partial charge in [0.1, 0.15) is 17.0 Å². The second-order valence-electron chi connectivity index (χ2n) is 14.7. The van der Waals surface area contributed by atoms with E-state index in [2.05, 4.69) is 55.4 Å². The van der Waals surface area contributed by atoms with Crippen molar-refractivity contribution in [2.24, 2.45) is 58.7 Å². The van der Waals surface area contributed by atoms with Crippen LogP contribution in [0.4, 0.5) is 0 Å². The summed E-state index contributed by atoms with van der Waals surface area (Å²) in [6, 6.07) is 0. The molecule has 0 saturated heterocycles. The molecule has 5 atom stereocenters. The second-order valence-corrected chi connectivity index (χ2v) is 14.7. The molecular weight excluding hydrogens is 484 g/mol. The molecule has 0 aromatic rings. The first-order valence-corrected chi connectivity index (χ1v) is 16.1. The minimum Gasteiger partial charge on any atom is -0.500 e.